The molecule has 1 fully saturated rings. The molecule has 110 valence electrons. The molecule has 1 saturated carbocycles. The summed E-state index contributed by atoms with van der Waals surface area (Å²) in [7, 11) is 1.57. The van der Waals surface area contributed by atoms with Crippen LogP contribution in [0.4, 0.5) is 0 Å². The maximum absolute atomic E-state index is 5.01. The lowest BCUT2D eigenvalue weighted by Crippen LogP contribution is -2.18. The molecular weight excluding hydrogens is 266 g/mol. The smallest absolute Gasteiger partial charge is 0.233 e. The van der Waals surface area contributed by atoms with Crippen LogP contribution in [-0.2, 0) is 6.54 Å². The minimum atomic E-state index is 0.484. The summed E-state index contributed by atoms with van der Waals surface area (Å²) in [5.41, 5.74) is 3.81. The van der Waals surface area contributed by atoms with E-state index in [1.165, 1.54) is 18.4 Å². The fraction of sp³-hybridized carbons (Fsp3) is 0.467. The minimum absolute atomic E-state index is 0.484. The van der Waals surface area contributed by atoms with Crippen LogP contribution >= 0.6 is 0 Å². The van der Waals surface area contributed by atoms with Gasteiger partial charge in [0.05, 0.1) is 7.11 Å². The Morgan fingerprint density at radius 2 is 1.86 bits per heavy atom. The Kier molecular flexibility index (Phi) is 3.79. The van der Waals surface area contributed by atoms with Crippen molar-refractivity contribution < 1.29 is 4.74 Å². The van der Waals surface area contributed by atoms with E-state index < -0.39 is 0 Å². The summed E-state index contributed by atoms with van der Waals surface area (Å²) in [5.74, 6) is 1.09. The number of methoxy groups -OCH3 is 1. The first kappa shape index (κ1) is 13.9. The molecule has 3 rings (SSSR count). The van der Waals surface area contributed by atoms with Crippen LogP contribution in [0.15, 0.2) is 12.1 Å². The molecule has 0 amide bonds. The number of ether oxygens (including phenoxy) is 1. The van der Waals surface area contributed by atoms with Crippen LogP contribution in [0.5, 0.6) is 5.88 Å². The van der Waals surface area contributed by atoms with Gasteiger partial charge in [-0.1, -0.05) is 0 Å². The second-order valence-electron chi connectivity index (χ2n) is 5.31. The van der Waals surface area contributed by atoms with Gasteiger partial charge in [0, 0.05) is 35.6 Å². The van der Waals surface area contributed by atoms with Crippen molar-refractivity contribution >= 4 is 0 Å². The van der Waals surface area contributed by atoms with Crippen molar-refractivity contribution in [1.29, 1.82) is 0 Å². The maximum Gasteiger partial charge on any atom is 0.233 e. The van der Waals surface area contributed by atoms with E-state index in [9.17, 15) is 0 Å². The Morgan fingerprint density at radius 3 is 2.38 bits per heavy atom. The molecule has 0 atom stereocenters. The zero-order chi connectivity index (χ0) is 14.8. The predicted molar refractivity (Wildman–Crippen MR) is 78.9 cm³/mol. The van der Waals surface area contributed by atoms with Crippen molar-refractivity contribution in [3.8, 4) is 17.4 Å². The molecule has 0 aromatic carbocycles. The number of aryl methyl sites for hydroxylation is 2. The van der Waals surface area contributed by atoms with Crippen molar-refractivity contribution in [2.24, 2.45) is 0 Å². The highest BCUT2D eigenvalue weighted by Gasteiger charge is 2.21. The van der Waals surface area contributed by atoms with E-state index >= 15 is 0 Å². The van der Waals surface area contributed by atoms with Gasteiger partial charge in [-0.05, 0) is 32.8 Å². The molecule has 1 aliphatic carbocycles. The Balaban J connectivity index is 1.85. The summed E-state index contributed by atoms with van der Waals surface area (Å²) in [5, 5.41) is 11.6. The normalized spacial score (nSPS) is 14.2. The zero-order valence-electron chi connectivity index (χ0n) is 12.6. The highest BCUT2D eigenvalue weighted by Crippen LogP contribution is 2.21. The number of aromatic nitrogens is 4. The van der Waals surface area contributed by atoms with E-state index in [1.807, 2.05) is 19.9 Å². The van der Waals surface area contributed by atoms with Gasteiger partial charge in [0.2, 0.25) is 5.88 Å². The lowest BCUT2D eigenvalue weighted by atomic mass is 10.1. The molecule has 0 unspecified atom stereocenters. The average molecular weight is 285 g/mol. The van der Waals surface area contributed by atoms with Gasteiger partial charge in [-0.3, -0.25) is 0 Å². The van der Waals surface area contributed by atoms with Crippen LogP contribution in [0, 0.1) is 13.8 Å². The molecular formula is C15H19N5O. The molecule has 6 heteroatoms. The monoisotopic (exact) mass is 285 g/mol. The molecule has 1 N–H and O–H groups in total. The third kappa shape index (κ3) is 3.16. The largest absolute Gasteiger partial charge is 0.480 e. The summed E-state index contributed by atoms with van der Waals surface area (Å²) in [4.78, 5) is 9.13. The van der Waals surface area contributed by atoms with Crippen LogP contribution in [0.1, 0.15) is 29.8 Å². The van der Waals surface area contributed by atoms with Crippen LogP contribution < -0.4 is 10.1 Å². The fourth-order valence-electron chi connectivity index (χ4n) is 2.19. The average Bonchev–Trinajstić information content (AvgIpc) is 3.30. The number of rotatable bonds is 5. The molecule has 2 heterocycles. The quantitative estimate of drug-likeness (QED) is 0.903. The van der Waals surface area contributed by atoms with E-state index in [2.05, 4.69) is 25.5 Å². The number of hydrogen-bond donors (Lipinski definition) is 1. The Hall–Kier alpha value is -2.08. The van der Waals surface area contributed by atoms with E-state index in [0.717, 1.165) is 17.9 Å². The molecule has 2 aromatic heterocycles. The summed E-state index contributed by atoms with van der Waals surface area (Å²) < 4.78 is 5.01. The van der Waals surface area contributed by atoms with Crippen molar-refractivity contribution in [2.75, 3.05) is 7.11 Å². The van der Waals surface area contributed by atoms with E-state index in [1.54, 1.807) is 13.2 Å². The molecule has 0 aliphatic heterocycles. The standard InChI is InChI=1S/C15H19N5O/c1-9-12(8-16-11-4-5-11)10(2)18-15(17-9)13-6-7-14(21-3)20-19-13/h6-7,11,16H,4-5,8H2,1-3H3. The molecule has 21 heavy (non-hydrogen) atoms. The van der Waals surface area contributed by atoms with Gasteiger partial charge in [-0.15, -0.1) is 10.2 Å². The van der Waals surface area contributed by atoms with Gasteiger partial charge >= 0.3 is 0 Å². The first-order valence-corrected chi connectivity index (χ1v) is 7.13. The lowest BCUT2D eigenvalue weighted by molar-refractivity contribution is 0.392. The fourth-order valence-corrected chi connectivity index (χ4v) is 2.19. The molecule has 6 nitrogen and oxygen atoms in total. The second kappa shape index (κ2) is 5.73. The highest BCUT2D eigenvalue weighted by molar-refractivity contribution is 5.50. The number of hydrogen-bond acceptors (Lipinski definition) is 6. The molecule has 0 saturated heterocycles. The van der Waals surface area contributed by atoms with Crippen molar-refractivity contribution in [2.45, 2.75) is 39.3 Å². The molecule has 2 aromatic rings. The summed E-state index contributed by atoms with van der Waals surface area (Å²) in [6, 6.07) is 4.26. The van der Waals surface area contributed by atoms with E-state index in [4.69, 9.17) is 4.74 Å². The summed E-state index contributed by atoms with van der Waals surface area (Å²) in [6.45, 7) is 4.86. The molecule has 0 spiro atoms. The number of nitrogens with zero attached hydrogens (tertiary/aromatic N) is 4. The Bertz CT molecular complexity index is 614. The van der Waals surface area contributed by atoms with Gasteiger partial charge in [-0.25, -0.2) is 9.97 Å². The first-order chi connectivity index (χ1) is 10.2. The molecule has 1 aliphatic rings. The van der Waals surface area contributed by atoms with Gasteiger partial charge in [0.25, 0.3) is 0 Å². The zero-order valence-corrected chi connectivity index (χ0v) is 12.6. The van der Waals surface area contributed by atoms with Crippen LogP contribution in [0.25, 0.3) is 11.5 Å². The van der Waals surface area contributed by atoms with Crippen molar-refractivity contribution in [3.63, 3.8) is 0 Å². The van der Waals surface area contributed by atoms with E-state index in [-0.39, 0.29) is 0 Å². The Labute approximate surface area is 124 Å². The van der Waals surface area contributed by atoms with Gasteiger partial charge in [-0.2, -0.15) is 0 Å². The third-order valence-corrected chi connectivity index (χ3v) is 3.64. The van der Waals surface area contributed by atoms with Gasteiger partial charge < -0.3 is 10.1 Å². The lowest BCUT2D eigenvalue weighted by Gasteiger charge is -2.11. The molecule has 0 bridgehead atoms. The molecule has 0 radical (unpaired) electrons. The predicted octanol–water partition coefficient (Wildman–Crippen LogP) is 1.81. The highest BCUT2D eigenvalue weighted by atomic mass is 16.5. The van der Waals surface area contributed by atoms with Gasteiger partial charge in [0.15, 0.2) is 5.82 Å². The van der Waals surface area contributed by atoms with Crippen LogP contribution in [-0.4, -0.2) is 33.3 Å². The minimum Gasteiger partial charge on any atom is -0.480 e. The van der Waals surface area contributed by atoms with Crippen molar-refractivity contribution in [3.05, 3.63) is 29.1 Å². The first-order valence-electron chi connectivity index (χ1n) is 7.13. The third-order valence-electron chi connectivity index (χ3n) is 3.64. The number of nitrogens with one attached hydrogen (secondary N) is 1. The van der Waals surface area contributed by atoms with Crippen molar-refractivity contribution in [1.82, 2.24) is 25.5 Å². The van der Waals surface area contributed by atoms with Crippen LogP contribution in [0.2, 0.25) is 0 Å². The maximum atomic E-state index is 5.01. The second-order valence-corrected chi connectivity index (χ2v) is 5.31. The van der Waals surface area contributed by atoms with Gasteiger partial charge in [0.1, 0.15) is 5.69 Å². The SMILES string of the molecule is COc1ccc(-c2nc(C)c(CNC3CC3)c(C)n2)nn1. The topological polar surface area (TPSA) is 72.8 Å². The summed E-state index contributed by atoms with van der Waals surface area (Å²) >= 11 is 0. The van der Waals surface area contributed by atoms with E-state index in [0.29, 0.717) is 23.4 Å². The summed E-state index contributed by atoms with van der Waals surface area (Å²) in [6.07, 6.45) is 2.55. The van der Waals surface area contributed by atoms with Crippen LogP contribution in [0.3, 0.4) is 0 Å². The Morgan fingerprint density at radius 1 is 1.14 bits per heavy atom.